The van der Waals surface area contributed by atoms with Gasteiger partial charge in [-0.05, 0) is 44.4 Å². The van der Waals surface area contributed by atoms with E-state index in [4.69, 9.17) is 11.6 Å². The van der Waals surface area contributed by atoms with Crippen molar-refractivity contribution in [3.8, 4) is 0 Å². The lowest BCUT2D eigenvalue weighted by Gasteiger charge is -2.49. The number of alkyl halides is 1. The second-order valence-corrected chi connectivity index (χ2v) is 6.72. The summed E-state index contributed by atoms with van der Waals surface area (Å²) in [7, 11) is 0. The summed E-state index contributed by atoms with van der Waals surface area (Å²) >= 11 is 5.88. The molecule has 2 saturated carbocycles. The molecule has 0 aromatic carbocycles. The van der Waals surface area contributed by atoms with Crippen LogP contribution in [0.3, 0.4) is 0 Å². The highest BCUT2D eigenvalue weighted by Crippen LogP contribution is 2.46. The molecule has 98 valence electrons. The number of rotatable bonds is 3. The van der Waals surface area contributed by atoms with Crippen LogP contribution in [0.5, 0.6) is 0 Å². The lowest BCUT2D eigenvalue weighted by atomic mass is 9.63. The van der Waals surface area contributed by atoms with E-state index in [1.165, 1.54) is 32.1 Å². The SMILES string of the molecule is CC[C@@H]1C[C@H]2CCC[C@@](NC(=O)[C@@H](C)Cl)(C1)C2. The molecular formula is C14H24ClNO. The van der Waals surface area contributed by atoms with Crippen molar-refractivity contribution in [2.24, 2.45) is 11.8 Å². The third kappa shape index (κ3) is 2.96. The average Bonchev–Trinajstić information content (AvgIpc) is 2.27. The molecule has 4 atom stereocenters. The van der Waals surface area contributed by atoms with Crippen LogP contribution in [0.4, 0.5) is 0 Å². The van der Waals surface area contributed by atoms with Gasteiger partial charge in [-0.1, -0.05) is 26.2 Å². The summed E-state index contributed by atoms with van der Waals surface area (Å²) in [6.45, 7) is 4.03. The highest BCUT2D eigenvalue weighted by Gasteiger charge is 2.43. The Morgan fingerprint density at radius 1 is 1.53 bits per heavy atom. The first-order chi connectivity index (χ1) is 8.04. The lowest BCUT2D eigenvalue weighted by molar-refractivity contribution is -0.124. The molecule has 0 radical (unpaired) electrons. The van der Waals surface area contributed by atoms with Crippen LogP contribution in [-0.2, 0) is 4.79 Å². The molecular weight excluding hydrogens is 234 g/mol. The number of nitrogens with one attached hydrogen (secondary N) is 1. The van der Waals surface area contributed by atoms with Crippen LogP contribution in [0.2, 0.25) is 0 Å². The Bertz CT molecular complexity index is 292. The summed E-state index contributed by atoms with van der Waals surface area (Å²) in [4.78, 5) is 11.9. The molecule has 2 bridgehead atoms. The number of carbonyl (C=O) groups is 1. The van der Waals surface area contributed by atoms with Crippen LogP contribution in [0.1, 0.15) is 58.8 Å². The Morgan fingerprint density at radius 2 is 2.29 bits per heavy atom. The van der Waals surface area contributed by atoms with E-state index in [1.54, 1.807) is 6.92 Å². The number of amides is 1. The monoisotopic (exact) mass is 257 g/mol. The van der Waals surface area contributed by atoms with Crippen LogP contribution >= 0.6 is 11.6 Å². The fourth-order valence-corrected chi connectivity index (χ4v) is 3.87. The first-order valence-electron chi connectivity index (χ1n) is 7.01. The Kier molecular flexibility index (Phi) is 4.02. The zero-order valence-electron chi connectivity index (χ0n) is 11.0. The molecule has 0 aromatic rings. The number of carbonyl (C=O) groups excluding carboxylic acids is 1. The molecule has 0 aliphatic heterocycles. The Hall–Kier alpha value is -0.240. The second-order valence-electron chi connectivity index (χ2n) is 6.06. The van der Waals surface area contributed by atoms with Crippen molar-refractivity contribution < 1.29 is 4.79 Å². The van der Waals surface area contributed by atoms with Crippen LogP contribution in [0.15, 0.2) is 0 Å². The quantitative estimate of drug-likeness (QED) is 0.771. The molecule has 1 N–H and O–H groups in total. The average molecular weight is 258 g/mol. The van der Waals surface area contributed by atoms with Gasteiger partial charge >= 0.3 is 0 Å². The van der Waals surface area contributed by atoms with Gasteiger partial charge in [0, 0.05) is 5.54 Å². The number of hydrogen-bond acceptors (Lipinski definition) is 1. The molecule has 0 aromatic heterocycles. The van der Waals surface area contributed by atoms with Crippen LogP contribution in [-0.4, -0.2) is 16.8 Å². The summed E-state index contributed by atoms with van der Waals surface area (Å²) in [5, 5.41) is 2.85. The third-order valence-corrected chi connectivity index (χ3v) is 4.82. The molecule has 3 heteroatoms. The molecule has 0 unspecified atom stereocenters. The van der Waals surface area contributed by atoms with Gasteiger partial charge in [-0.25, -0.2) is 0 Å². The molecule has 2 aliphatic carbocycles. The number of halogens is 1. The predicted octanol–water partition coefficient (Wildman–Crippen LogP) is 3.48. The van der Waals surface area contributed by atoms with Gasteiger partial charge in [0.15, 0.2) is 0 Å². The van der Waals surface area contributed by atoms with E-state index in [9.17, 15) is 4.79 Å². The molecule has 2 aliphatic rings. The van der Waals surface area contributed by atoms with Crippen molar-refractivity contribution in [1.82, 2.24) is 5.32 Å². The van der Waals surface area contributed by atoms with Crippen molar-refractivity contribution in [1.29, 1.82) is 0 Å². The highest BCUT2D eigenvalue weighted by molar-refractivity contribution is 6.30. The summed E-state index contributed by atoms with van der Waals surface area (Å²) < 4.78 is 0. The standard InChI is InChI=1S/C14H24ClNO/c1-3-11-7-12-5-4-6-14(8-11,9-12)16-13(17)10(2)15/h10-12H,3-9H2,1-2H3,(H,16,17)/t10-,11-,12-,14-/m1/s1. The van der Waals surface area contributed by atoms with E-state index >= 15 is 0 Å². The first kappa shape index (κ1) is 13.2. The lowest BCUT2D eigenvalue weighted by Crippen LogP contribution is -2.56. The van der Waals surface area contributed by atoms with Crippen LogP contribution in [0.25, 0.3) is 0 Å². The highest BCUT2D eigenvalue weighted by atomic mass is 35.5. The van der Waals surface area contributed by atoms with E-state index < -0.39 is 5.38 Å². The van der Waals surface area contributed by atoms with E-state index in [1.807, 2.05) is 0 Å². The molecule has 2 fully saturated rings. The van der Waals surface area contributed by atoms with Gasteiger partial charge in [0.25, 0.3) is 0 Å². The van der Waals surface area contributed by atoms with Crippen molar-refractivity contribution in [2.75, 3.05) is 0 Å². The van der Waals surface area contributed by atoms with Gasteiger partial charge in [0.2, 0.25) is 5.91 Å². The van der Waals surface area contributed by atoms with Gasteiger partial charge in [0.05, 0.1) is 0 Å². The zero-order valence-corrected chi connectivity index (χ0v) is 11.7. The molecule has 2 nitrogen and oxygen atoms in total. The maximum Gasteiger partial charge on any atom is 0.238 e. The maximum atomic E-state index is 11.9. The predicted molar refractivity (Wildman–Crippen MR) is 71.2 cm³/mol. The van der Waals surface area contributed by atoms with Crippen molar-refractivity contribution in [2.45, 2.75) is 69.7 Å². The number of fused-ring (bicyclic) bond motifs is 2. The van der Waals surface area contributed by atoms with E-state index in [0.717, 1.165) is 24.7 Å². The van der Waals surface area contributed by atoms with Gasteiger partial charge in [0.1, 0.15) is 5.38 Å². The second kappa shape index (κ2) is 5.17. The molecule has 17 heavy (non-hydrogen) atoms. The molecule has 1 amide bonds. The third-order valence-electron chi connectivity index (χ3n) is 4.62. The van der Waals surface area contributed by atoms with Crippen LogP contribution < -0.4 is 5.32 Å². The minimum absolute atomic E-state index is 0.0177. The topological polar surface area (TPSA) is 29.1 Å². The molecule has 0 heterocycles. The van der Waals surface area contributed by atoms with Crippen LogP contribution in [0, 0.1) is 11.8 Å². The van der Waals surface area contributed by atoms with Gasteiger partial charge < -0.3 is 5.32 Å². The minimum atomic E-state index is -0.410. The summed E-state index contributed by atoms with van der Waals surface area (Å²) in [5.41, 5.74) is 0.0715. The molecule has 0 saturated heterocycles. The fourth-order valence-electron chi connectivity index (χ4n) is 3.82. The largest absolute Gasteiger partial charge is 0.349 e. The summed E-state index contributed by atoms with van der Waals surface area (Å²) in [5.74, 6) is 1.64. The Balaban J connectivity index is 2.07. The van der Waals surface area contributed by atoms with Gasteiger partial charge in [-0.2, -0.15) is 0 Å². The van der Waals surface area contributed by atoms with Gasteiger partial charge in [-0.3, -0.25) is 4.79 Å². The van der Waals surface area contributed by atoms with Crippen molar-refractivity contribution in [3.63, 3.8) is 0 Å². The minimum Gasteiger partial charge on any atom is -0.349 e. The van der Waals surface area contributed by atoms with Gasteiger partial charge in [-0.15, -0.1) is 11.6 Å². The normalized spacial score (nSPS) is 38.5. The summed E-state index contributed by atoms with van der Waals surface area (Å²) in [6, 6.07) is 0. The smallest absolute Gasteiger partial charge is 0.238 e. The number of hydrogen-bond donors (Lipinski definition) is 1. The maximum absolute atomic E-state index is 11.9. The Morgan fingerprint density at radius 3 is 2.94 bits per heavy atom. The molecule has 0 spiro atoms. The summed E-state index contributed by atoms with van der Waals surface area (Å²) in [6.07, 6.45) is 8.71. The Labute approximate surface area is 109 Å². The fraction of sp³-hybridized carbons (Fsp3) is 0.929. The first-order valence-corrected chi connectivity index (χ1v) is 7.44. The zero-order chi connectivity index (χ0) is 12.5. The van der Waals surface area contributed by atoms with E-state index in [2.05, 4.69) is 12.2 Å². The van der Waals surface area contributed by atoms with Crippen molar-refractivity contribution >= 4 is 17.5 Å². The van der Waals surface area contributed by atoms with Crippen molar-refractivity contribution in [3.05, 3.63) is 0 Å². The van der Waals surface area contributed by atoms with E-state index in [0.29, 0.717) is 0 Å². The molecule has 2 rings (SSSR count). The van der Waals surface area contributed by atoms with E-state index in [-0.39, 0.29) is 11.4 Å².